The average molecular weight is 398 g/mol. The second kappa shape index (κ2) is 8.04. The van der Waals surface area contributed by atoms with Crippen LogP contribution in [-0.2, 0) is 13.0 Å². The third-order valence-corrected chi connectivity index (χ3v) is 6.61. The molecule has 0 saturated carbocycles. The monoisotopic (exact) mass is 397 g/mol. The number of benzene rings is 2. The number of amides is 1. The Morgan fingerprint density at radius 1 is 0.967 bits per heavy atom. The Morgan fingerprint density at radius 2 is 1.80 bits per heavy atom. The van der Waals surface area contributed by atoms with E-state index in [2.05, 4.69) is 34.1 Å². The van der Waals surface area contributed by atoms with Crippen LogP contribution in [0.3, 0.4) is 0 Å². The summed E-state index contributed by atoms with van der Waals surface area (Å²) in [6.45, 7) is 2.67. The van der Waals surface area contributed by atoms with Crippen molar-refractivity contribution >= 4 is 11.6 Å². The van der Waals surface area contributed by atoms with Crippen molar-refractivity contribution < 1.29 is 4.79 Å². The molecule has 1 fully saturated rings. The molecule has 30 heavy (non-hydrogen) atoms. The molecule has 3 heterocycles. The van der Waals surface area contributed by atoms with Gasteiger partial charge < -0.3 is 4.90 Å². The van der Waals surface area contributed by atoms with Crippen molar-refractivity contribution in [2.45, 2.75) is 37.8 Å². The molecule has 3 aromatic rings. The number of carbonyl (C=O) groups excluding carboxylic acids is 1. The molecule has 5 rings (SSSR count). The number of anilines is 1. The van der Waals surface area contributed by atoms with Crippen molar-refractivity contribution in [2.75, 3.05) is 18.0 Å². The van der Waals surface area contributed by atoms with Gasteiger partial charge in [0, 0.05) is 42.3 Å². The number of hydrogen-bond donors (Lipinski definition) is 0. The van der Waals surface area contributed by atoms with E-state index < -0.39 is 0 Å². The zero-order valence-corrected chi connectivity index (χ0v) is 17.2. The molecular formula is C26H27N3O. The van der Waals surface area contributed by atoms with E-state index in [1.807, 2.05) is 59.8 Å². The Morgan fingerprint density at radius 3 is 2.63 bits per heavy atom. The van der Waals surface area contributed by atoms with E-state index in [-0.39, 0.29) is 11.4 Å². The van der Waals surface area contributed by atoms with Gasteiger partial charge in [-0.1, -0.05) is 48.9 Å². The van der Waals surface area contributed by atoms with Crippen molar-refractivity contribution in [3.8, 4) is 0 Å². The van der Waals surface area contributed by atoms with Gasteiger partial charge in [0.25, 0.3) is 5.91 Å². The molecule has 0 aliphatic carbocycles. The minimum absolute atomic E-state index is 0.0348. The van der Waals surface area contributed by atoms with Gasteiger partial charge in [-0.2, -0.15) is 0 Å². The van der Waals surface area contributed by atoms with Crippen LogP contribution in [0, 0.1) is 0 Å². The lowest BCUT2D eigenvalue weighted by atomic mass is 9.77. The van der Waals surface area contributed by atoms with Crippen molar-refractivity contribution in [1.82, 2.24) is 9.88 Å². The summed E-state index contributed by atoms with van der Waals surface area (Å²) in [4.78, 5) is 22.5. The van der Waals surface area contributed by atoms with E-state index in [9.17, 15) is 4.79 Å². The second-order valence-corrected chi connectivity index (χ2v) is 8.53. The predicted molar refractivity (Wildman–Crippen MR) is 119 cm³/mol. The number of pyridine rings is 1. The van der Waals surface area contributed by atoms with Crippen molar-refractivity contribution in [3.63, 3.8) is 0 Å². The van der Waals surface area contributed by atoms with E-state index in [1.54, 1.807) is 0 Å². The van der Waals surface area contributed by atoms with E-state index in [0.717, 1.165) is 43.7 Å². The lowest BCUT2D eigenvalue weighted by Gasteiger charge is -2.52. The number of carbonyl (C=O) groups is 1. The first-order chi connectivity index (χ1) is 14.8. The number of aromatic nitrogens is 1. The number of fused-ring (bicyclic) bond motifs is 1. The fourth-order valence-corrected chi connectivity index (χ4v) is 5.12. The van der Waals surface area contributed by atoms with Gasteiger partial charge in [0.2, 0.25) is 0 Å². The van der Waals surface area contributed by atoms with Gasteiger partial charge >= 0.3 is 0 Å². The smallest absolute Gasteiger partial charge is 0.258 e. The third kappa shape index (κ3) is 3.52. The summed E-state index contributed by atoms with van der Waals surface area (Å²) in [6.07, 6.45) is 8.30. The number of likely N-dealkylation sites (tertiary alicyclic amines) is 1. The van der Waals surface area contributed by atoms with E-state index in [1.165, 1.54) is 24.0 Å². The first-order valence-electron chi connectivity index (χ1n) is 10.8. The lowest BCUT2D eigenvalue weighted by Crippen LogP contribution is -2.62. The van der Waals surface area contributed by atoms with Crippen LogP contribution in [0.5, 0.6) is 0 Å². The number of nitrogens with zero attached hydrogens (tertiary/aromatic N) is 3. The summed E-state index contributed by atoms with van der Waals surface area (Å²) in [7, 11) is 0. The van der Waals surface area contributed by atoms with Crippen LogP contribution in [0.15, 0.2) is 79.1 Å². The number of hydrogen-bond acceptors (Lipinski definition) is 3. The van der Waals surface area contributed by atoms with Crippen LogP contribution < -0.4 is 4.90 Å². The fraction of sp³-hybridized carbons (Fsp3) is 0.308. The molecular weight excluding hydrogens is 370 g/mol. The molecule has 4 nitrogen and oxygen atoms in total. The summed E-state index contributed by atoms with van der Waals surface area (Å²) in [5.74, 6) is 0.0917. The molecule has 1 atom stereocenters. The first-order valence-corrected chi connectivity index (χ1v) is 10.8. The molecule has 2 aliphatic heterocycles. The highest BCUT2D eigenvalue weighted by atomic mass is 16.2. The molecule has 1 spiro atoms. The van der Waals surface area contributed by atoms with Gasteiger partial charge in [0.15, 0.2) is 0 Å². The van der Waals surface area contributed by atoms with Crippen LogP contribution in [0.2, 0.25) is 0 Å². The van der Waals surface area contributed by atoms with Crippen molar-refractivity contribution in [2.24, 2.45) is 0 Å². The normalized spacial score (nSPS) is 21.4. The Hall–Kier alpha value is -2.98. The molecule has 2 aromatic carbocycles. The zero-order chi connectivity index (χ0) is 20.4. The van der Waals surface area contributed by atoms with Crippen LogP contribution in [0.4, 0.5) is 5.69 Å². The van der Waals surface area contributed by atoms with Gasteiger partial charge in [0.1, 0.15) is 0 Å². The van der Waals surface area contributed by atoms with Crippen molar-refractivity contribution in [1.29, 1.82) is 0 Å². The minimum Gasteiger partial charge on any atom is -0.306 e. The van der Waals surface area contributed by atoms with Gasteiger partial charge in [-0.25, -0.2) is 0 Å². The molecule has 2 aliphatic rings. The molecule has 4 heteroatoms. The Balaban J connectivity index is 1.53. The van der Waals surface area contributed by atoms with Gasteiger partial charge in [0.05, 0.1) is 0 Å². The standard InChI is InChI=1S/C26H27N3O/c30-25(22-10-2-1-3-11-22)29-20-26(17-23-12-4-5-13-24(23)29)14-6-7-16-28(26)19-21-9-8-15-27-18-21/h1-5,8-13,15,18H,6-7,14,16-17,19-20H2. The van der Waals surface area contributed by atoms with Gasteiger partial charge in [-0.05, 0) is 61.2 Å². The molecule has 1 aromatic heterocycles. The summed E-state index contributed by atoms with van der Waals surface area (Å²) >= 11 is 0. The van der Waals surface area contributed by atoms with Gasteiger partial charge in [-0.15, -0.1) is 0 Å². The summed E-state index contributed by atoms with van der Waals surface area (Å²) in [6, 6.07) is 22.2. The summed E-state index contributed by atoms with van der Waals surface area (Å²) < 4.78 is 0. The van der Waals surface area contributed by atoms with E-state index >= 15 is 0 Å². The fourth-order valence-electron chi connectivity index (χ4n) is 5.12. The summed E-state index contributed by atoms with van der Waals surface area (Å²) in [5.41, 5.74) is 4.28. The highest BCUT2D eigenvalue weighted by Gasteiger charge is 2.45. The van der Waals surface area contributed by atoms with Crippen LogP contribution in [0.1, 0.15) is 40.7 Å². The molecule has 1 saturated heterocycles. The minimum atomic E-state index is -0.0348. The number of para-hydroxylation sites is 1. The maximum atomic E-state index is 13.6. The second-order valence-electron chi connectivity index (χ2n) is 8.53. The summed E-state index contributed by atoms with van der Waals surface area (Å²) in [5, 5.41) is 0. The van der Waals surface area contributed by atoms with Crippen molar-refractivity contribution in [3.05, 3.63) is 95.8 Å². The largest absolute Gasteiger partial charge is 0.306 e. The maximum absolute atomic E-state index is 13.6. The zero-order valence-electron chi connectivity index (χ0n) is 17.2. The van der Waals surface area contributed by atoms with E-state index in [0.29, 0.717) is 0 Å². The van der Waals surface area contributed by atoms with Crippen LogP contribution >= 0.6 is 0 Å². The third-order valence-electron chi connectivity index (χ3n) is 6.61. The number of rotatable bonds is 3. The SMILES string of the molecule is O=C(c1ccccc1)N1CC2(CCCCN2Cc2cccnc2)Cc2ccccc21. The highest BCUT2D eigenvalue weighted by molar-refractivity contribution is 6.07. The van der Waals surface area contributed by atoms with E-state index in [4.69, 9.17) is 0 Å². The Kier molecular flexibility index (Phi) is 5.09. The molecule has 0 radical (unpaired) electrons. The molecule has 1 amide bonds. The maximum Gasteiger partial charge on any atom is 0.258 e. The van der Waals surface area contributed by atoms with Crippen LogP contribution in [-0.4, -0.2) is 34.4 Å². The topological polar surface area (TPSA) is 36.4 Å². The Bertz CT molecular complexity index is 1020. The lowest BCUT2D eigenvalue weighted by molar-refractivity contribution is 0.0390. The molecule has 0 bridgehead atoms. The molecule has 1 unspecified atom stereocenters. The molecule has 152 valence electrons. The van der Waals surface area contributed by atoms with Crippen LogP contribution in [0.25, 0.3) is 0 Å². The van der Waals surface area contributed by atoms with Gasteiger partial charge in [-0.3, -0.25) is 14.7 Å². The molecule has 0 N–H and O–H groups in total. The average Bonchev–Trinajstić information content (AvgIpc) is 2.81. The predicted octanol–water partition coefficient (Wildman–Crippen LogP) is 4.71. The quantitative estimate of drug-likeness (QED) is 0.642. The highest BCUT2D eigenvalue weighted by Crippen LogP contribution is 2.41. The Labute approximate surface area is 178 Å². The first kappa shape index (κ1) is 19.0. The number of piperidine rings is 1.